The van der Waals surface area contributed by atoms with Gasteiger partial charge in [-0.25, -0.2) is 0 Å². The fraction of sp³-hybridized carbons (Fsp3) is 0.286. The molecule has 2 rings (SSSR count). The molecule has 1 aromatic heterocycles. The largest absolute Gasteiger partial charge is 0.493 e. The van der Waals surface area contributed by atoms with Crippen LogP contribution in [0.4, 0.5) is 0 Å². The number of hydrogen-bond donors (Lipinski definition) is 2. The molecular formula is C14H16BrNO3S. The first kappa shape index (κ1) is 15.3. The number of methoxy groups -OCH3 is 1. The van der Waals surface area contributed by atoms with Crippen LogP contribution in [0.15, 0.2) is 34.1 Å². The molecule has 0 saturated carbocycles. The summed E-state index contributed by atoms with van der Waals surface area (Å²) in [6.07, 6.45) is -0.222. The summed E-state index contributed by atoms with van der Waals surface area (Å²) >= 11 is 5.01. The van der Waals surface area contributed by atoms with Crippen molar-refractivity contribution in [3.8, 4) is 11.5 Å². The van der Waals surface area contributed by atoms with E-state index in [1.807, 2.05) is 11.4 Å². The quantitative estimate of drug-likeness (QED) is 0.833. The highest BCUT2D eigenvalue weighted by molar-refractivity contribution is 9.10. The lowest BCUT2D eigenvalue weighted by Gasteiger charge is -2.18. The number of hydrogen-bond acceptors (Lipinski definition) is 5. The zero-order valence-corrected chi connectivity index (χ0v) is 13.4. The van der Waals surface area contributed by atoms with E-state index in [0.717, 1.165) is 14.9 Å². The molecule has 1 aromatic carbocycles. The maximum absolute atomic E-state index is 9.14. The Morgan fingerprint density at radius 3 is 2.70 bits per heavy atom. The third-order valence-corrected chi connectivity index (χ3v) is 4.58. The van der Waals surface area contributed by atoms with Gasteiger partial charge in [-0.05, 0) is 39.7 Å². The summed E-state index contributed by atoms with van der Waals surface area (Å²) in [7, 11) is 1.57. The maximum atomic E-state index is 9.14. The number of benzene rings is 1. The minimum atomic E-state index is -0.222. The predicted octanol–water partition coefficient (Wildman–Crippen LogP) is 3.09. The standard InChI is InChI=1S/C14H16BrNO3S/c1-18-12-4-9(7-17)2-3-11(12)19-13(6-16)14-5-10(15)8-20-14/h2-5,8,13,17H,6-7,16H2,1H3. The van der Waals surface area contributed by atoms with Crippen molar-refractivity contribution in [1.82, 2.24) is 0 Å². The molecule has 0 aliphatic rings. The molecule has 6 heteroatoms. The average molecular weight is 358 g/mol. The van der Waals surface area contributed by atoms with Crippen LogP contribution in [0.3, 0.4) is 0 Å². The first-order valence-electron chi connectivity index (χ1n) is 6.06. The Bertz CT molecular complexity index is 573. The van der Waals surface area contributed by atoms with Crippen molar-refractivity contribution in [3.05, 3.63) is 44.6 Å². The van der Waals surface area contributed by atoms with Crippen molar-refractivity contribution >= 4 is 27.3 Å². The minimum Gasteiger partial charge on any atom is -0.493 e. The molecule has 3 N–H and O–H groups in total. The first-order valence-corrected chi connectivity index (χ1v) is 7.73. The molecule has 1 atom stereocenters. The van der Waals surface area contributed by atoms with Crippen molar-refractivity contribution in [1.29, 1.82) is 0 Å². The van der Waals surface area contributed by atoms with E-state index in [-0.39, 0.29) is 12.7 Å². The van der Waals surface area contributed by atoms with Gasteiger partial charge < -0.3 is 20.3 Å². The van der Waals surface area contributed by atoms with Crippen molar-refractivity contribution in [2.24, 2.45) is 5.73 Å². The van der Waals surface area contributed by atoms with Crippen molar-refractivity contribution in [2.75, 3.05) is 13.7 Å². The molecular weight excluding hydrogens is 342 g/mol. The lowest BCUT2D eigenvalue weighted by atomic mass is 10.2. The lowest BCUT2D eigenvalue weighted by molar-refractivity contribution is 0.207. The third-order valence-electron chi connectivity index (χ3n) is 2.80. The van der Waals surface area contributed by atoms with Crippen LogP contribution in [0.5, 0.6) is 11.5 Å². The molecule has 2 aromatic rings. The Hall–Kier alpha value is -1.08. The Morgan fingerprint density at radius 1 is 1.35 bits per heavy atom. The molecule has 0 spiro atoms. The zero-order chi connectivity index (χ0) is 14.5. The summed E-state index contributed by atoms with van der Waals surface area (Å²) < 4.78 is 12.2. The van der Waals surface area contributed by atoms with Crippen molar-refractivity contribution < 1.29 is 14.6 Å². The maximum Gasteiger partial charge on any atom is 0.162 e. The van der Waals surface area contributed by atoms with Gasteiger partial charge in [-0.2, -0.15) is 0 Å². The van der Waals surface area contributed by atoms with Gasteiger partial charge in [0, 0.05) is 21.3 Å². The van der Waals surface area contributed by atoms with Gasteiger partial charge in [0.15, 0.2) is 11.5 Å². The Morgan fingerprint density at radius 2 is 2.15 bits per heavy atom. The number of rotatable bonds is 6. The molecule has 0 saturated heterocycles. The zero-order valence-electron chi connectivity index (χ0n) is 11.0. The van der Waals surface area contributed by atoms with Crippen LogP contribution in [0.1, 0.15) is 16.5 Å². The van der Waals surface area contributed by atoms with Gasteiger partial charge in [0.2, 0.25) is 0 Å². The van der Waals surface area contributed by atoms with E-state index in [9.17, 15) is 0 Å². The van der Waals surface area contributed by atoms with Crippen LogP contribution in [-0.4, -0.2) is 18.8 Å². The van der Waals surface area contributed by atoms with Gasteiger partial charge in [-0.15, -0.1) is 11.3 Å². The van der Waals surface area contributed by atoms with Crippen LogP contribution in [-0.2, 0) is 6.61 Å². The Kier molecular flexibility index (Phi) is 5.42. The van der Waals surface area contributed by atoms with E-state index >= 15 is 0 Å². The summed E-state index contributed by atoms with van der Waals surface area (Å²) in [5.74, 6) is 1.20. The topological polar surface area (TPSA) is 64.7 Å². The fourth-order valence-corrected chi connectivity index (χ4v) is 3.27. The van der Waals surface area contributed by atoms with Gasteiger partial charge >= 0.3 is 0 Å². The minimum absolute atomic E-state index is 0.0329. The lowest BCUT2D eigenvalue weighted by Crippen LogP contribution is -2.17. The fourth-order valence-electron chi connectivity index (χ4n) is 1.78. The second-order valence-corrected chi connectivity index (χ2v) is 6.01. The van der Waals surface area contributed by atoms with Gasteiger partial charge in [0.05, 0.1) is 13.7 Å². The number of nitrogens with two attached hydrogens (primary N) is 1. The SMILES string of the molecule is COc1cc(CO)ccc1OC(CN)c1cc(Br)cs1. The molecule has 0 fully saturated rings. The summed E-state index contributed by atoms with van der Waals surface area (Å²) in [5, 5.41) is 11.1. The smallest absolute Gasteiger partial charge is 0.162 e. The van der Waals surface area contributed by atoms with Crippen molar-refractivity contribution in [3.63, 3.8) is 0 Å². The van der Waals surface area contributed by atoms with Gasteiger partial charge in [-0.1, -0.05) is 6.07 Å². The number of aliphatic hydroxyl groups excluding tert-OH is 1. The molecule has 0 aliphatic carbocycles. The molecule has 0 aliphatic heterocycles. The van der Waals surface area contributed by atoms with Crippen LogP contribution >= 0.6 is 27.3 Å². The Labute approximate surface area is 130 Å². The van der Waals surface area contributed by atoms with E-state index in [1.165, 1.54) is 0 Å². The van der Waals surface area contributed by atoms with Gasteiger partial charge in [0.1, 0.15) is 6.10 Å². The number of halogens is 1. The molecule has 108 valence electrons. The van der Waals surface area contributed by atoms with E-state index < -0.39 is 0 Å². The van der Waals surface area contributed by atoms with Crippen molar-refractivity contribution in [2.45, 2.75) is 12.7 Å². The van der Waals surface area contributed by atoms with Crippen LogP contribution in [0, 0.1) is 0 Å². The summed E-state index contributed by atoms with van der Waals surface area (Å²) in [6.45, 7) is 0.340. The molecule has 0 radical (unpaired) electrons. The van der Waals surface area contributed by atoms with E-state index in [1.54, 1.807) is 36.6 Å². The summed E-state index contributed by atoms with van der Waals surface area (Å²) in [6, 6.07) is 7.34. The highest BCUT2D eigenvalue weighted by atomic mass is 79.9. The number of ether oxygens (including phenoxy) is 2. The highest BCUT2D eigenvalue weighted by Crippen LogP contribution is 2.34. The van der Waals surface area contributed by atoms with Crippen LogP contribution < -0.4 is 15.2 Å². The molecule has 1 unspecified atom stereocenters. The normalized spacial score (nSPS) is 12.2. The van der Waals surface area contributed by atoms with Crippen LogP contribution in [0.2, 0.25) is 0 Å². The first-order chi connectivity index (χ1) is 9.67. The van der Waals surface area contributed by atoms with Crippen LogP contribution in [0.25, 0.3) is 0 Å². The molecule has 4 nitrogen and oxygen atoms in total. The molecule has 1 heterocycles. The molecule has 0 bridgehead atoms. The van der Waals surface area contributed by atoms with E-state index in [2.05, 4.69) is 15.9 Å². The summed E-state index contributed by atoms with van der Waals surface area (Å²) in [5.41, 5.74) is 6.57. The van der Waals surface area contributed by atoms with E-state index in [0.29, 0.717) is 18.0 Å². The van der Waals surface area contributed by atoms with Gasteiger partial charge in [0.25, 0.3) is 0 Å². The second kappa shape index (κ2) is 7.08. The summed E-state index contributed by atoms with van der Waals surface area (Å²) in [4.78, 5) is 1.05. The van der Waals surface area contributed by atoms with Gasteiger partial charge in [-0.3, -0.25) is 0 Å². The average Bonchev–Trinajstić information content (AvgIpc) is 2.91. The number of aliphatic hydroxyl groups is 1. The highest BCUT2D eigenvalue weighted by Gasteiger charge is 2.16. The third kappa shape index (κ3) is 3.52. The second-order valence-electron chi connectivity index (χ2n) is 4.15. The molecule has 0 amide bonds. The molecule has 20 heavy (non-hydrogen) atoms. The predicted molar refractivity (Wildman–Crippen MR) is 83.4 cm³/mol. The Balaban J connectivity index is 2.23. The monoisotopic (exact) mass is 357 g/mol. The number of thiophene rings is 1. The van der Waals surface area contributed by atoms with E-state index in [4.69, 9.17) is 20.3 Å².